The number of ether oxygens (including phenoxy) is 1. The molecule has 1 aromatic carbocycles. The van der Waals surface area contributed by atoms with Gasteiger partial charge in [-0.15, -0.1) is 0 Å². The second-order valence-corrected chi connectivity index (χ2v) is 13.4. The summed E-state index contributed by atoms with van der Waals surface area (Å²) in [5.74, 6) is -3.32. The van der Waals surface area contributed by atoms with Crippen LogP contribution in [0.4, 0.5) is 17.6 Å². The minimum Gasteiger partial charge on any atom is -0.481 e. The number of likely N-dealkylation sites (tertiary alicyclic amines) is 2. The molecule has 1 amide bonds. The number of likely N-dealkylation sites (N-methyl/N-ethyl adjacent to an activating group) is 1. The maximum Gasteiger partial charge on any atom is 0.425 e. The fourth-order valence-electron chi connectivity index (χ4n) is 5.02. The van der Waals surface area contributed by atoms with E-state index < -0.39 is 79.4 Å². The van der Waals surface area contributed by atoms with E-state index in [1.807, 2.05) is 0 Å². The first kappa shape index (κ1) is 30.5. The fourth-order valence-corrected chi connectivity index (χ4v) is 7.56. The number of aromatic nitrogens is 1. The Morgan fingerprint density at radius 2 is 1.93 bits per heavy atom. The van der Waals surface area contributed by atoms with Crippen LogP contribution in [0.25, 0.3) is 0 Å². The van der Waals surface area contributed by atoms with E-state index in [0.29, 0.717) is 4.47 Å². The van der Waals surface area contributed by atoms with Crippen molar-refractivity contribution in [3.63, 3.8) is 0 Å². The minimum absolute atomic E-state index is 0.0290. The van der Waals surface area contributed by atoms with E-state index in [4.69, 9.17) is 16.3 Å². The number of benzene rings is 1. The molecule has 1 N–H and O–H groups in total. The summed E-state index contributed by atoms with van der Waals surface area (Å²) in [5.41, 5.74) is -1.71. The van der Waals surface area contributed by atoms with Gasteiger partial charge in [0.2, 0.25) is 5.91 Å². The van der Waals surface area contributed by atoms with Gasteiger partial charge >= 0.3 is 12.1 Å². The normalized spacial score (nSPS) is 22.1. The Bertz CT molecular complexity index is 1450. The van der Waals surface area contributed by atoms with Crippen LogP contribution in [-0.2, 0) is 24.8 Å². The first-order valence-electron chi connectivity index (χ1n) is 11.8. The largest absolute Gasteiger partial charge is 0.481 e. The smallest absolute Gasteiger partial charge is 0.425 e. The lowest BCUT2D eigenvalue weighted by molar-refractivity contribution is -0.189. The van der Waals surface area contributed by atoms with Crippen LogP contribution in [0, 0.1) is 5.82 Å². The second kappa shape index (κ2) is 10.7. The third-order valence-corrected chi connectivity index (χ3v) is 10.0. The van der Waals surface area contributed by atoms with Crippen molar-refractivity contribution < 1.29 is 45.4 Å². The van der Waals surface area contributed by atoms with Gasteiger partial charge in [-0.25, -0.2) is 17.6 Å². The van der Waals surface area contributed by atoms with Gasteiger partial charge in [-0.2, -0.15) is 13.2 Å². The van der Waals surface area contributed by atoms with E-state index in [0.717, 1.165) is 36.1 Å². The van der Waals surface area contributed by atoms with Crippen molar-refractivity contribution in [2.24, 2.45) is 0 Å². The SMILES string of the molecule is C[C@H](Oc1ccc(S(=O)(=O)[C@@H]2C[C@@H](C(=O)O)N(C(=O)C3(c4ncc(Br)cc4F)CN(C)C3)C2)c(Cl)c1)C(F)(F)F. The zero-order valence-corrected chi connectivity index (χ0v) is 24.1. The summed E-state index contributed by atoms with van der Waals surface area (Å²) < 4.78 is 85.6. The number of carboxylic acids is 1. The number of sulfone groups is 1. The molecule has 0 saturated carbocycles. The molecule has 3 atom stereocenters. The molecule has 2 aliphatic rings. The number of carbonyl (C=O) groups is 2. The van der Waals surface area contributed by atoms with E-state index in [1.165, 1.54) is 6.20 Å². The van der Waals surface area contributed by atoms with E-state index >= 15 is 0 Å². The molecule has 2 aliphatic heterocycles. The summed E-state index contributed by atoms with van der Waals surface area (Å²) in [6.45, 7) is 0.307. The van der Waals surface area contributed by atoms with Crippen molar-refractivity contribution in [2.75, 3.05) is 26.7 Å². The molecular weight excluding hydrogens is 650 g/mol. The minimum atomic E-state index is -4.66. The first-order chi connectivity index (χ1) is 18.5. The zero-order chi connectivity index (χ0) is 29.8. The van der Waals surface area contributed by atoms with Crippen LogP contribution in [0.3, 0.4) is 0 Å². The maximum atomic E-state index is 14.9. The number of alkyl halides is 3. The van der Waals surface area contributed by atoms with Crippen molar-refractivity contribution >= 4 is 49.2 Å². The quantitative estimate of drug-likeness (QED) is 0.443. The highest BCUT2D eigenvalue weighted by Crippen LogP contribution is 2.40. The van der Waals surface area contributed by atoms with E-state index in [2.05, 4.69) is 20.9 Å². The molecule has 0 radical (unpaired) electrons. The van der Waals surface area contributed by atoms with Crippen LogP contribution >= 0.6 is 27.5 Å². The molecule has 1 aromatic heterocycles. The zero-order valence-electron chi connectivity index (χ0n) is 21.0. The third-order valence-electron chi connectivity index (χ3n) is 6.98. The first-order valence-corrected chi connectivity index (χ1v) is 14.5. The number of hydrogen-bond acceptors (Lipinski definition) is 7. The van der Waals surface area contributed by atoms with Gasteiger partial charge in [-0.05, 0) is 54.5 Å². The van der Waals surface area contributed by atoms with Crippen molar-refractivity contribution in [1.29, 1.82) is 0 Å². The molecule has 0 bridgehead atoms. The Morgan fingerprint density at radius 1 is 1.27 bits per heavy atom. The van der Waals surface area contributed by atoms with E-state index in [1.54, 1.807) is 11.9 Å². The van der Waals surface area contributed by atoms with Crippen molar-refractivity contribution in [3.05, 3.63) is 51.5 Å². The number of rotatable bonds is 7. The molecule has 218 valence electrons. The number of nitrogens with zero attached hydrogens (tertiary/aromatic N) is 3. The molecule has 0 unspecified atom stereocenters. The lowest BCUT2D eigenvalue weighted by Crippen LogP contribution is -2.67. The number of carboxylic acid groups (broad SMARTS) is 1. The van der Waals surface area contributed by atoms with Gasteiger partial charge in [0.1, 0.15) is 23.0 Å². The third kappa shape index (κ3) is 5.52. The second-order valence-electron chi connectivity index (χ2n) is 9.85. The monoisotopic (exact) mass is 671 g/mol. The van der Waals surface area contributed by atoms with Crippen LogP contribution < -0.4 is 4.74 Å². The van der Waals surface area contributed by atoms with Crippen molar-refractivity contribution in [1.82, 2.24) is 14.8 Å². The summed E-state index contributed by atoms with van der Waals surface area (Å²) in [7, 11) is -2.69. The number of aliphatic carboxylic acids is 1. The standard InChI is InChI=1S/C24H23BrClF4N3O6S/c1-12(24(28,29)30)39-14-3-4-19(16(26)6-14)40(37,38)15-7-18(21(34)35)33(9-15)22(36)23(10-32(2)11-23)20-17(27)5-13(25)8-31-20/h3-6,8,12,15,18H,7,9-11H2,1-2H3,(H,34,35)/t12-,15+,18-/m0/s1. The highest BCUT2D eigenvalue weighted by Gasteiger charge is 2.57. The molecule has 2 aromatic rings. The molecule has 3 heterocycles. The van der Waals surface area contributed by atoms with Gasteiger partial charge < -0.3 is 19.6 Å². The topological polar surface area (TPSA) is 117 Å². The van der Waals surface area contributed by atoms with Gasteiger partial charge in [0.05, 0.1) is 20.9 Å². The molecule has 40 heavy (non-hydrogen) atoms. The number of carbonyl (C=O) groups excluding carboxylic acids is 1. The summed E-state index contributed by atoms with van der Waals surface area (Å²) in [5, 5.41) is 8.03. The highest BCUT2D eigenvalue weighted by atomic mass is 79.9. The lowest BCUT2D eigenvalue weighted by atomic mass is 9.75. The Kier molecular flexibility index (Phi) is 8.17. The molecule has 4 rings (SSSR count). The summed E-state index contributed by atoms with van der Waals surface area (Å²) in [4.78, 5) is 32.2. The molecule has 2 fully saturated rings. The Balaban J connectivity index is 1.64. The predicted octanol–water partition coefficient (Wildman–Crippen LogP) is 3.68. The Hall–Kier alpha value is -2.49. The molecule has 16 heteroatoms. The highest BCUT2D eigenvalue weighted by molar-refractivity contribution is 9.10. The number of halogens is 6. The van der Waals surface area contributed by atoms with Crippen LogP contribution in [-0.4, -0.2) is 90.4 Å². The lowest BCUT2D eigenvalue weighted by Gasteiger charge is -2.48. The number of hydrogen-bond donors (Lipinski definition) is 1. The van der Waals surface area contributed by atoms with Crippen LogP contribution in [0.1, 0.15) is 19.0 Å². The molecule has 9 nitrogen and oxygen atoms in total. The van der Waals surface area contributed by atoms with Crippen LogP contribution in [0.5, 0.6) is 5.75 Å². The van der Waals surface area contributed by atoms with E-state index in [9.17, 15) is 40.7 Å². The fraction of sp³-hybridized carbons (Fsp3) is 0.458. The van der Waals surface area contributed by atoms with E-state index in [-0.39, 0.29) is 24.5 Å². The molecule has 0 aliphatic carbocycles. The van der Waals surface area contributed by atoms with Crippen LogP contribution in [0.15, 0.2) is 39.8 Å². The number of amides is 1. The Morgan fingerprint density at radius 3 is 2.45 bits per heavy atom. The number of pyridine rings is 1. The van der Waals surface area contributed by atoms with Gasteiger partial charge in [0.15, 0.2) is 15.9 Å². The molecular formula is C24H23BrClF4N3O6S. The average Bonchev–Trinajstić information content (AvgIpc) is 3.28. The summed E-state index contributed by atoms with van der Waals surface area (Å²) in [6.07, 6.45) is -6.02. The van der Waals surface area contributed by atoms with Crippen LogP contribution in [0.2, 0.25) is 5.02 Å². The van der Waals surface area contributed by atoms with Crippen molar-refractivity contribution in [3.8, 4) is 5.75 Å². The van der Waals surface area contributed by atoms with Gasteiger partial charge in [0.25, 0.3) is 0 Å². The van der Waals surface area contributed by atoms with Gasteiger partial charge in [-0.3, -0.25) is 9.78 Å². The summed E-state index contributed by atoms with van der Waals surface area (Å²) in [6, 6.07) is 2.49. The predicted molar refractivity (Wildman–Crippen MR) is 137 cm³/mol. The molecule has 0 spiro atoms. The van der Waals surface area contributed by atoms with Gasteiger partial charge in [0, 0.05) is 36.4 Å². The Labute approximate surface area is 240 Å². The maximum absolute atomic E-state index is 14.9. The molecule has 2 saturated heterocycles. The average molecular weight is 673 g/mol. The van der Waals surface area contributed by atoms with Crippen molar-refractivity contribution in [2.45, 2.75) is 47.2 Å². The summed E-state index contributed by atoms with van der Waals surface area (Å²) >= 11 is 9.23. The van der Waals surface area contributed by atoms with Gasteiger partial charge in [-0.1, -0.05) is 11.6 Å².